The molecule has 6 heteroatoms. The number of ether oxygens (including phenoxy) is 2. The number of esters is 2. The Morgan fingerprint density at radius 3 is 2.05 bits per heavy atom. The Kier molecular flexibility index (Phi) is 6.67. The second-order valence-electron chi connectivity index (χ2n) is 3.57. The number of halogens is 2. The molecule has 1 aromatic rings. The molecule has 0 aliphatic heterocycles. The molecule has 0 amide bonds. The minimum absolute atomic E-state index is 0.194. The summed E-state index contributed by atoms with van der Waals surface area (Å²) < 4.78 is 9.69. The number of carbonyl (C=O) groups is 2. The Hall–Kier alpha value is -1.40. The van der Waals surface area contributed by atoms with Crippen LogP contribution in [0.4, 0.5) is 0 Å². The summed E-state index contributed by atoms with van der Waals surface area (Å²) in [6, 6.07) is 9.13. The number of rotatable bonds is 4. The van der Waals surface area contributed by atoms with Gasteiger partial charge in [0, 0.05) is 5.57 Å². The van der Waals surface area contributed by atoms with Gasteiger partial charge in [-0.25, -0.2) is 9.59 Å². The molecular weight excluding hydrogens is 392 g/mol. The second kappa shape index (κ2) is 8.01. The molecule has 1 rings (SSSR count). The van der Waals surface area contributed by atoms with Crippen LogP contribution in [0.25, 0.3) is 5.57 Å². The van der Waals surface area contributed by atoms with Crippen LogP contribution in [0.15, 0.2) is 45.4 Å². The van der Waals surface area contributed by atoms with Crippen LogP contribution < -0.4 is 0 Å². The molecule has 0 heterocycles. The summed E-state index contributed by atoms with van der Waals surface area (Å²) in [6.07, 6.45) is 1.50. The number of carbonyl (C=O) groups excluding carboxylic acids is 2. The summed E-state index contributed by atoms with van der Waals surface area (Å²) in [6.45, 7) is 0. The number of hydrogen-bond donors (Lipinski definition) is 0. The van der Waals surface area contributed by atoms with Crippen molar-refractivity contribution >= 4 is 49.4 Å². The highest BCUT2D eigenvalue weighted by Gasteiger charge is 2.15. The minimum Gasteiger partial charge on any atom is -0.465 e. The van der Waals surface area contributed by atoms with Crippen molar-refractivity contribution in [1.82, 2.24) is 0 Å². The standard InChI is InChI=1S/C14H12Br2O4/c1-19-13(17)11(15)8-10(12(16)14(18)20-2)9-6-4-3-5-7-9/h3-8H,1-2H3/b11-8-,12-10-. The first-order valence-electron chi connectivity index (χ1n) is 5.50. The number of methoxy groups -OCH3 is 2. The van der Waals surface area contributed by atoms with Gasteiger partial charge < -0.3 is 9.47 Å². The third-order valence-electron chi connectivity index (χ3n) is 2.34. The molecule has 0 radical (unpaired) electrons. The van der Waals surface area contributed by atoms with E-state index in [1.165, 1.54) is 20.3 Å². The predicted molar refractivity (Wildman–Crippen MR) is 83.3 cm³/mol. The Balaban J connectivity index is 3.37. The van der Waals surface area contributed by atoms with Crippen LogP contribution in [0.5, 0.6) is 0 Å². The molecule has 0 aromatic heterocycles. The summed E-state index contributed by atoms with van der Waals surface area (Å²) in [5.74, 6) is -1.08. The van der Waals surface area contributed by atoms with Crippen LogP contribution in [0.1, 0.15) is 5.56 Å². The van der Waals surface area contributed by atoms with Crippen molar-refractivity contribution in [3.63, 3.8) is 0 Å². The van der Waals surface area contributed by atoms with E-state index >= 15 is 0 Å². The molecule has 20 heavy (non-hydrogen) atoms. The molecule has 0 unspecified atom stereocenters. The van der Waals surface area contributed by atoms with Crippen molar-refractivity contribution in [2.24, 2.45) is 0 Å². The van der Waals surface area contributed by atoms with Crippen molar-refractivity contribution in [3.8, 4) is 0 Å². The molecule has 0 aliphatic carbocycles. The van der Waals surface area contributed by atoms with Crippen molar-refractivity contribution < 1.29 is 19.1 Å². The quantitative estimate of drug-likeness (QED) is 0.439. The second-order valence-corrected chi connectivity index (χ2v) is 5.22. The maximum Gasteiger partial charge on any atom is 0.345 e. The fraction of sp³-hybridized carbons (Fsp3) is 0.143. The Bertz CT molecular complexity index is 562. The number of hydrogen-bond acceptors (Lipinski definition) is 4. The molecule has 0 aliphatic rings. The summed E-state index contributed by atoms with van der Waals surface area (Å²) in [4.78, 5) is 23.1. The lowest BCUT2D eigenvalue weighted by atomic mass is 10.1. The van der Waals surface area contributed by atoms with E-state index < -0.39 is 11.9 Å². The van der Waals surface area contributed by atoms with Crippen LogP contribution in [-0.2, 0) is 19.1 Å². The number of benzene rings is 1. The molecule has 0 spiro atoms. The van der Waals surface area contributed by atoms with E-state index in [-0.39, 0.29) is 8.96 Å². The van der Waals surface area contributed by atoms with Gasteiger partial charge in [-0.2, -0.15) is 0 Å². The summed E-state index contributed by atoms with van der Waals surface area (Å²) in [5.41, 5.74) is 1.26. The smallest absolute Gasteiger partial charge is 0.345 e. The molecule has 4 nitrogen and oxygen atoms in total. The van der Waals surface area contributed by atoms with Gasteiger partial charge in [0.15, 0.2) is 0 Å². The zero-order valence-corrected chi connectivity index (χ0v) is 14.0. The van der Waals surface area contributed by atoms with Gasteiger partial charge in [-0.1, -0.05) is 30.3 Å². The van der Waals surface area contributed by atoms with Gasteiger partial charge in [-0.05, 0) is 43.5 Å². The van der Waals surface area contributed by atoms with Crippen LogP contribution in [-0.4, -0.2) is 26.2 Å². The first-order valence-corrected chi connectivity index (χ1v) is 7.08. The van der Waals surface area contributed by atoms with Crippen molar-refractivity contribution in [3.05, 3.63) is 50.9 Å². The lowest BCUT2D eigenvalue weighted by molar-refractivity contribution is -0.136. The van der Waals surface area contributed by atoms with Gasteiger partial charge >= 0.3 is 11.9 Å². The van der Waals surface area contributed by atoms with E-state index in [1.54, 1.807) is 0 Å². The molecule has 0 saturated heterocycles. The monoisotopic (exact) mass is 402 g/mol. The van der Waals surface area contributed by atoms with E-state index in [4.69, 9.17) is 0 Å². The van der Waals surface area contributed by atoms with Crippen LogP contribution in [0.2, 0.25) is 0 Å². The highest BCUT2D eigenvalue weighted by Crippen LogP contribution is 2.27. The molecule has 0 atom stereocenters. The molecule has 106 valence electrons. The Morgan fingerprint density at radius 1 is 1.00 bits per heavy atom. The maximum atomic E-state index is 11.7. The minimum atomic E-state index is -0.538. The average molecular weight is 404 g/mol. The van der Waals surface area contributed by atoms with Gasteiger partial charge in [0.2, 0.25) is 0 Å². The molecule has 0 N–H and O–H groups in total. The normalized spacial score (nSPS) is 12.5. The van der Waals surface area contributed by atoms with Gasteiger partial charge in [-0.15, -0.1) is 0 Å². The summed E-state index contributed by atoms with van der Waals surface area (Å²) >= 11 is 6.31. The van der Waals surface area contributed by atoms with E-state index in [0.29, 0.717) is 5.57 Å². The SMILES string of the molecule is COC(=O)/C(Br)=C/C(=C(/Br)C(=O)OC)c1ccccc1. The van der Waals surface area contributed by atoms with Crippen LogP contribution in [0, 0.1) is 0 Å². The molecule has 0 saturated carbocycles. The van der Waals surface area contributed by atoms with E-state index in [1.807, 2.05) is 30.3 Å². The fourth-order valence-corrected chi connectivity index (χ4v) is 2.27. The van der Waals surface area contributed by atoms with Crippen molar-refractivity contribution in [1.29, 1.82) is 0 Å². The van der Waals surface area contributed by atoms with Crippen molar-refractivity contribution in [2.45, 2.75) is 0 Å². The first kappa shape index (κ1) is 16.7. The van der Waals surface area contributed by atoms with Gasteiger partial charge in [-0.3, -0.25) is 0 Å². The zero-order valence-electron chi connectivity index (χ0n) is 10.9. The molecule has 1 aromatic carbocycles. The first-order chi connectivity index (χ1) is 9.51. The highest BCUT2D eigenvalue weighted by molar-refractivity contribution is 9.12. The fourth-order valence-electron chi connectivity index (χ4n) is 1.37. The van der Waals surface area contributed by atoms with Gasteiger partial charge in [0.1, 0.15) is 8.96 Å². The van der Waals surface area contributed by atoms with E-state index in [9.17, 15) is 9.59 Å². The third-order valence-corrected chi connectivity index (χ3v) is 3.64. The number of allylic oxidation sites excluding steroid dienone is 2. The molecule has 0 bridgehead atoms. The van der Waals surface area contributed by atoms with Gasteiger partial charge in [0.25, 0.3) is 0 Å². The lowest BCUT2D eigenvalue weighted by Crippen LogP contribution is -2.04. The molecule has 0 fully saturated rings. The van der Waals surface area contributed by atoms with Gasteiger partial charge in [0.05, 0.1) is 14.2 Å². The highest BCUT2D eigenvalue weighted by atomic mass is 79.9. The topological polar surface area (TPSA) is 52.6 Å². The van der Waals surface area contributed by atoms with E-state index in [0.717, 1.165) is 5.56 Å². The predicted octanol–water partition coefficient (Wildman–Crippen LogP) is 3.42. The van der Waals surface area contributed by atoms with E-state index in [2.05, 4.69) is 41.3 Å². The maximum absolute atomic E-state index is 11.7. The average Bonchev–Trinajstić information content (AvgIpc) is 2.50. The Labute approximate surface area is 133 Å². The van der Waals surface area contributed by atoms with Crippen molar-refractivity contribution in [2.75, 3.05) is 14.2 Å². The molecular formula is C14H12Br2O4. The summed E-state index contributed by atoms with van der Waals surface area (Å²) in [5, 5.41) is 0. The van der Waals surface area contributed by atoms with Crippen LogP contribution in [0.3, 0.4) is 0 Å². The lowest BCUT2D eigenvalue weighted by Gasteiger charge is -2.07. The largest absolute Gasteiger partial charge is 0.465 e. The van der Waals surface area contributed by atoms with Crippen LogP contribution >= 0.6 is 31.9 Å². The zero-order chi connectivity index (χ0) is 15.1. The third kappa shape index (κ3) is 4.31. The summed E-state index contributed by atoms with van der Waals surface area (Å²) in [7, 11) is 2.56. The Morgan fingerprint density at radius 2 is 1.55 bits per heavy atom.